The van der Waals surface area contributed by atoms with Gasteiger partial charge in [0.2, 0.25) is 0 Å². The number of nitrogens with zero attached hydrogens (tertiary/aromatic N) is 3. The fourth-order valence-corrected chi connectivity index (χ4v) is 3.20. The molecular weight excluding hydrogens is 469 g/mol. The maximum absolute atomic E-state index is 5.89. The standard InChI is InChI=1S/C20H29N5O2.HI/c1-4-26-18-11-16-10-15(2)27-19(16)12-17(18)13-24-20(21-3)23-6-5-8-25-9-7-22-14-25;/h7,9,11-12,14-15H,4-6,8,10,13H2,1-3H3,(H2,21,23,24);1H. The average molecular weight is 499 g/mol. The predicted octanol–water partition coefficient (Wildman–Crippen LogP) is 2.98. The van der Waals surface area contributed by atoms with Gasteiger partial charge in [0.1, 0.15) is 17.6 Å². The molecule has 0 saturated carbocycles. The van der Waals surface area contributed by atoms with Gasteiger partial charge in [0.25, 0.3) is 0 Å². The van der Waals surface area contributed by atoms with Crippen molar-refractivity contribution >= 4 is 29.9 Å². The highest BCUT2D eigenvalue weighted by Crippen LogP contribution is 2.35. The summed E-state index contributed by atoms with van der Waals surface area (Å²) in [5.41, 5.74) is 2.29. The minimum Gasteiger partial charge on any atom is -0.494 e. The van der Waals surface area contributed by atoms with Crippen molar-refractivity contribution in [3.63, 3.8) is 0 Å². The lowest BCUT2D eigenvalue weighted by Gasteiger charge is -2.15. The van der Waals surface area contributed by atoms with Crippen molar-refractivity contribution < 1.29 is 9.47 Å². The first kappa shape index (κ1) is 22.3. The normalized spacial score (nSPS) is 15.4. The summed E-state index contributed by atoms with van der Waals surface area (Å²) in [7, 11) is 1.78. The Morgan fingerprint density at radius 1 is 1.39 bits per heavy atom. The van der Waals surface area contributed by atoms with Crippen molar-refractivity contribution in [3.8, 4) is 11.5 Å². The number of halogens is 1. The van der Waals surface area contributed by atoms with Gasteiger partial charge >= 0.3 is 0 Å². The summed E-state index contributed by atoms with van der Waals surface area (Å²) in [6.45, 7) is 7.13. The van der Waals surface area contributed by atoms with Gasteiger partial charge in [-0.1, -0.05) is 0 Å². The molecule has 1 aliphatic rings. The van der Waals surface area contributed by atoms with Crippen LogP contribution >= 0.6 is 24.0 Å². The third kappa shape index (κ3) is 6.02. The average Bonchev–Trinajstić information content (AvgIpc) is 3.29. The Morgan fingerprint density at radius 3 is 2.96 bits per heavy atom. The summed E-state index contributed by atoms with van der Waals surface area (Å²) in [4.78, 5) is 8.35. The third-order valence-electron chi connectivity index (χ3n) is 4.49. The highest BCUT2D eigenvalue weighted by atomic mass is 127. The molecule has 1 atom stereocenters. The zero-order valence-corrected chi connectivity index (χ0v) is 19.1. The first-order valence-electron chi connectivity index (χ1n) is 9.55. The fourth-order valence-electron chi connectivity index (χ4n) is 3.20. The number of aryl methyl sites for hydroxylation is 1. The molecule has 2 heterocycles. The summed E-state index contributed by atoms with van der Waals surface area (Å²) < 4.78 is 13.8. The second kappa shape index (κ2) is 11.1. The zero-order chi connectivity index (χ0) is 19.1. The largest absolute Gasteiger partial charge is 0.494 e. The van der Waals surface area contributed by atoms with E-state index in [-0.39, 0.29) is 30.1 Å². The number of hydrogen-bond donors (Lipinski definition) is 2. The van der Waals surface area contributed by atoms with Crippen molar-refractivity contribution in [2.24, 2.45) is 4.99 Å². The summed E-state index contributed by atoms with van der Waals surface area (Å²) in [6, 6.07) is 4.20. The molecule has 8 heteroatoms. The van der Waals surface area contributed by atoms with Crippen molar-refractivity contribution in [3.05, 3.63) is 42.0 Å². The molecule has 3 rings (SSSR count). The van der Waals surface area contributed by atoms with Gasteiger partial charge in [-0.05, 0) is 32.4 Å². The Hall–Kier alpha value is -1.97. The lowest BCUT2D eigenvalue weighted by Crippen LogP contribution is -2.37. The van der Waals surface area contributed by atoms with Gasteiger partial charge in [-0.3, -0.25) is 4.99 Å². The molecule has 1 aromatic heterocycles. The number of rotatable bonds is 8. The highest BCUT2D eigenvalue weighted by molar-refractivity contribution is 14.0. The number of benzene rings is 1. The molecule has 0 spiro atoms. The topological polar surface area (TPSA) is 72.7 Å². The van der Waals surface area contributed by atoms with E-state index in [0.29, 0.717) is 13.2 Å². The van der Waals surface area contributed by atoms with Gasteiger partial charge in [0.15, 0.2) is 5.96 Å². The molecule has 2 N–H and O–H groups in total. The molecular formula is C20H30IN5O2. The van der Waals surface area contributed by atoms with Crippen LogP contribution in [-0.4, -0.2) is 41.8 Å². The third-order valence-corrected chi connectivity index (χ3v) is 4.49. The van der Waals surface area contributed by atoms with Crippen LogP contribution in [0.1, 0.15) is 31.4 Å². The number of imidazole rings is 1. The first-order chi connectivity index (χ1) is 13.2. The second-order valence-electron chi connectivity index (χ2n) is 6.64. The quantitative estimate of drug-likeness (QED) is 0.253. The van der Waals surface area contributed by atoms with Crippen molar-refractivity contribution in [1.29, 1.82) is 0 Å². The SMILES string of the molecule is CCOc1cc2c(cc1CNC(=NC)NCCCn1ccnc1)OC(C)C2.I. The number of nitrogens with one attached hydrogen (secondary N) is 2. The van der Waals surface area contributed by atoms with E-state index in [2.05, 4.69) is 44.2 Å². The van der Waals surface area contributed by atoms with E-state index in [1.807, 2.05) is 19.4 Å². The zero-order valence-electron chi connectivity index (χ0n) is 16.8. The smallest absolute Gasteiger partial charge is 0.191 e. The van der Waals surface area contributed by atoms with Gasteiger partial charge < -0.3 is 24.7 Å². The molecule has 0 radical (unpaired) electrons. The number of hydrogen-bond acceptors (Lipinski definition) is 4. The molecule has 0 bridgehead atoms. The van der Waals surface area contributed by atoms with E-state index in [0.717, 1.165) is 49.0 Å². The number of ether oxygens (including phenoxy) is 2. The molecule has 0 aliphatic carbocycles. The molecule has 0 saturated heterocycles. The predicted molar refractivity (Wildman–Crippen MR) is 122 cm³/mol. The van der Waals surface area contributed by atoms with Gasteiger partial charge in [0.05, 0.1) is 12.9 Å². The van der Waals surface area contributed by atoms with E-state index in [1.54, 1.807) is 13.2 Å². The van der Waals surface area contributed by atoms with Crippen LogP contribution in [0.25, 0.3) is 0 Å². The Labute approximate surface area is 184 Å². The minimum atomic E-state index is 0. The monoisotopic (exact) mass is 499 g/mol. The van der Waals surface area contributed by atoms with Crippen molar-refractivity contribution in [2.45, 2.75) is 45.9 Å². The maximum atomic E-state index is 5.89. The summed E-state index contributed by atoms with van der Waals surface area (Å²) in [5.74, 6) is 2.65. The van der Waals surface area contributed by atoms with E-state index in [9.17, 15) is 0 Å². The number of aromatic nitrogens is 2. The van der Waals surface area contributed by atoms with Crippen LogP contribution in [0.5, 0.6) is 11.5 Å². The van der Waals surface area contributed by atoms with Gasteiger partial charge in [-0.15, -0.1) is 24.0 Å². The van der Waals surface area contributed by atoms with E-state index < -0.39 is 0 Å². The van der Waals surface area contributed by atoms with E-state index in [4.69, 9.17) is 9.47 Å². The van der Waals surface area contributed by atoms with Crippen molar-refractivity contribution in [2.75, 3.05) is 20.2 Å². The second-order valence-corrected chi connectivity index (χ2v) is 6.64. The maximum Gasteiger partial charge on any atom is 0.191 e. The van der Waals surface area contributed by atoms with Gasteiger partial charge in [0, 0.05) is 56.6 Å². The van der Waals surface area contributed by atoms with Crippen LogP contribution in [0.3, 0.4) is 0 Å². The highest BCUT2D eigenvalue weighted by Gasteiger charge is 2.21. The Bertz CT molecular complexity index is 764. The Morgan fingerprint density at radius 2 is 2.25 bits per heavy atom. The molecule has 7 nitrogen and oxygen atoms in total. The molecule has 28 heavy (non-hydrogen) atoms. The number of aliphatic imine (C=N–C) groups is 1. The summed E-state index contributed by atoms with van der Waals surface area (Å²) >= 11 is 0. The Kier molecular flexibility index (Phi) is 8.88. The number of fused-ring (bicyclic) bond motifs is 1. The van der Waals surface area contributed by atoms with Crippen LogP contribution in [-0.2, 0) is 19.5 Å². The first-order valence-corrected chi connectivity index (χ1v) is 9.55. The van der Waals surface area contributed by atoms with Crippen LogP contribution < -0.4 is 20.1 Å². The lowest BCUT2D eigenvalue weighted by molar-refractivity contribution is 0.254. The summed E-state index contributed by atoms with van der Waals surface area (Å²) in [5, 5.41) is 6.71. The molecule has 1 aliphatic heterocycles. The van der Waals surface area contributed by atoms with E-state index >= 15 is 0 Å². The van der Waals surface area contributed by atoms with Crippen LogP contribution in [0.2, 0.25) is 0 Å². The molecule has 1 aromatic carbocycles. The molecule has 154 valence electrons. The van der Waals surface area contributed by atoms with E-state index in [1.165, 1.54) is 5.56 Å². The molecule has 1 unspecified atom stereocenters. The van der Waals surface area contributed by atoms with Crippen LogP contribution in [0.4, 0.5) is 0 Å². The van der Waals surface area contributed by atoms with Crippen molar-refractivity contribution in [1.82, 2.24) is 20.2 Å². The molecule has 0 fully saturated rings. The molecule has 2 aromatic rings. The summed E-state index contributed by atoms with van der Waals surface area (Å²) in [6.07, 6.45) is 7.75. The fraction of sp³-hybridized carbons (Fsp3) is 0.500. The minimum absolute atomic E-state index is 0. The van der Waals surface area contributed by atoms with Gasteiger partial charge in [-0.2, -0.15) is 0 Å². The Balaban J connectivity index is 0.00000280. The van der Waals surface area contributed by atoms with Gasteiger partial charge in [-0.25, -0.2) is 4.98 Å². The van der Waals surface area contributed by atoms with Crippen LogP contribution in [0.15, 0.2) is 35.8 Å². The van der Waals surface area contributed by atoms with Crippen LogP contribution in [0, 0.1) is 0 Å². The molecule has 0 amide bonds. The number of guanidine groups is 1. The lowest BCUT2D eigenvalue weighted by atomic mass is 10.1.